The fourth-order valence-electron chi connectivity index (χ4n) is 4.80. The van der Waals surface area contributed by atoms with E-state index in [1.165, 1.54) is 11.1 Å². The highest BCUT2D eigenvalue weighted by Crippen LogP contribution is 2.35. The van der Waals surface area contributed by atoms with Gasteiger partial charge in [0.15, 0.2) is 11.5 Å². The second-order valence-corrected chi connectivity index (χ2v) is 8.62. The van der Waals surface area contributed by atoms with Crippen LogP contribution in [0.2, 0.25) is 0 Å². The number of hydrogen-bond donors (Lipinski definition) is 1. The van der Waals surface area contributed by atoms with E-state index in [0.29, 0.717) is 13.1 Å². The van der Waals surface area contributed by atoms with E-state index in [2.05, 4.69) is 58.6 Å². The number of pyridine rings is 1. The van der Waals surface area contributed by atoms with Crippen LogP contribution in [0.25, 0.3) is 10.9 Å². The summed E-state index contributed by atoms with van der Waals surface area (Å²) in [7, 11) is 1.67. The molecule has 0 saturated carbocycles. The molecule has 0 radical (unpaired) electrons. The molecular weight excluding hydrogens is 414 g/mol. The summed E-state index contributed by atoms with van der Waals surface area (Å²) in [4.78, 5) is 18.8. The van der Waals surface area contributed by atoms with Crippen LogP contribution >= 0.6 is 0 Å². The molecule has 1 aliphatic rings. The molecule has 4 aromatic rings. The third kappa shape index (κ3) is 3.71. The molecule has 3 heterocycles. The van der Waals surface area contributed by atoms with E-state index in [1.807, 2.05) is 18.2 Å². The van der Waals surface area contributed by atoms with Crippen molar-refractivity contribution in [3.05, 3.63) is 88.2 Å². The molecular formula is C27H27N3O3. The minimum Gasteiger partial charge on any atom is -0.497 e. The molecule has 0 aliphatic carbocycles. The Morgan fingerprint density at radius 2 is 1.88 bits per heavy atom. The highest BCUT2D eigenvalue weighted by Gasteiger charge is 2.25. The fourth-order valence-corrected chi connectivity index (χ4v) is 4.80. The summed E-state index contributed by atoms with van der Waals surface area (Å²) in [6, 6.07) is 18.2. The molecule has 1 aliphatic heterocycles. The molecule has 0 fully saturated rings. The van der Waals surface area contributed by atoms with E-state index in [4.69, 9.17) is 4.74 Å². The largest absolute Gasteiger partial charge is 0.497 e. The maximum absolute atomic E-state index is 11.9. The fraction of sp³-hybridized carbons (Fsp3) is 0.259. The predicted octanol–water partition coefficient (Wildman–Crippen LogP) is 4.97. The summed E-state index contributed by atoms with van der Waals surface area (Å²) in [6.45, 7) is 6.30. The number of carboxylic acids is 1. The van der Waals surface area contributed by atoms with Gasteiger partial charge in [0.1, 0.15) is 5.75 Å². The molecule has 168 valence electrons. The Morgan fingerprint density at radius 1 is 1.09 bits per heavy atom. The Morgan fingerprint density at radius 3 is 2.64 bits per heavy atom. The maximum Gasteiger partial charge on any atom is 0.354 e. The van der Waals surface area contributed by atoms with E-state index in [0.717, 1.165) is 52.3 Å². The molecule has 5 rings (SSSR count). The number of carbonyl (C=O) groups is 1. The van der Waals surface area contributed by atoms with Gasteiger partial charge in [0.05, 0.1) is 12.6 Å². The Hall–Kier alpha value is -3.80. The highest BCUT2D eigenvalue weighted by molar-refractivity contribution is 5.99. The van der Waals surface area contributed by atoms with Crippen LogP contribution in [0.15, 0.2) is 54.6 Å². The Bertz CT molecular complexity index is 1370. The number of anilines is 1. The van der Waals surface area contributed by atoms with Crippen LogP contribution in [0.1, 0.15) is 38.4 Å². The van der Waals surface area contributed by atoms with Gasteiger partial charge in [-0.25, -0.2) is 9.78 Å². The molecule has 2 aromatic carbocycles. The normalized spacial score (nSPS) is 13.2. The maximum atomic E-state index is 11.9. The van der Waals surface area contributed by atoms with Gasteiger partial charge < -0.3 is 19.3 Å². The Kier molecular flexibility index (Phi) is 5.29. The van der Waals surface area contributed by atoms with Gasteiger partial charge in [0.2, 0.25) is 0 Å². The topological polar surface area (TPSA) is 67.6 Å². The molecule has 0 amide bonds. The molecule has 6 heteroatoms. The number of methoxy groups -OCH3 is 1. The van der Waals surface area contributed by atoms with Gasteiger partial charge in [-0.15, -0.1) is 0 Å². The van der Waals surface area contributed by atoms with Crippen molar-refractivity contribution in [1.29, 1.82) is 0 Å². The molecule has 2 aromatic heterocycles. The van der Waals surface area contributed by atoms with Gasteiger partial charge in [-0.2, -0.15) is 0 Å². The van der Waals surface area contributed by atoms with Crippen LogP contribution < -0.4 is 9.64 Å². The van der Waals surface area contributed by atoms with Crippen molar-refractivity contribution in [3.8, 4) is 5.75 Å². The molecule has 33 heavy (non-hydrogen) atoms. The molecule has 0 saturated heterocycles. The monoisotopic (exact) mass is 441 g/mol. The van der Waals surface area contributed by atoms with Crippen molar-refractivity contribution in [3.63, 3.8) is 0 Å². The minimum atomic E-state index is -1.01. The number of ether oxygens (including phenoxy) is 1. The molecule has 0 unspecified atom stereocenters. The average molecular weight is 442 g/mol. The smallest absolute Gasteiger partial charge is 0.354 e. The number of nitrogens with zero attached hydrogens (tertiary/aromatic N) is 3. The zero-order valence-electron chi connectivity index (χ0n) is 19.1. The third-order valence-corrected chi connectivity index (χ3v) is 6.72. The zero-order valence-corrected chi connectivity index (χ0v) is 19.1. The number of benzene rings is 2. The number of rotatable bonds is 5. The number of carboxylic acid groups (broad SMARTS) is 1. The standard InChI is InChI=1S/C27H27N3O3/c1-17-18(2)30(15-19-7-6-10-22(13-19)33-3)25-23(17)14-24(27(31)32)28-26(25)29-12-11-20-8-4-5-9-21(20)16-29/h4-10,13-14H,11-12,15-16H2,1-3H3,(H,31,32). The van der Waals surface area contributed by atoms with E-state index >= 15 is 0 Å². The first-order valence-electron chi connectivity index (χ1n) is 11.1. The number of hydrogen-bond acceptors (Lipinski definition) is 4. The van der Waals surface area contributed by atoms with Gasteiger partial charge in [0.25, 0.3) is 0 Å². The van der Waals surface area contributed by atoms with Crippen molar-refractivity contribution in [2.75, 3.05) is 18.6 Å². The van der Waals surface area contributed by atoms with Crippen LogP contribution in [-0.2, 0) is 19.5 Å². The predicted molar refractivity (Wildman–Crippen MR) is 129 cm³/mol. The molecule has 0 bridgehead atoms. The lowest BCUT2D eigenvalue weighted by Gasteiger charge is -2.31. The van der Waals surface area contributed by atoms with Crippen molar-refractivity contribution < 1.29 is 14.6 Å². The molecule has 6 nitrogen and oxygen atoms in total. The summed E-state index contributed by atoms with van der Waals surface area (Å²) in [5, 5.41) is 10.7. The lowest BCUT2D eigenvalue weighted by molar-refractivity contribution is 0.0691. The van der Waals surface area contributed by atoms with Crippen LogP contribution in [0, 0.1) is 13.8 Å². The summed E-state index contributed by atoms with van der Waals surface area (Å²) in [5.41, 5.74) is 6.98. The van der Waals surface area contributed by atoms with Crippen molar-refractivity contribution in [2.24, 2.45) is 0 Å². The Labute approximate surface area is 193 Å². The van der Waals surface area contributed by atoms with Crippen molar-refractivity contribution in [2.45, 2.75) is 33.4 Å². The second kappa shape index (κ2) is 8.28. The average Bonchev–Trinajstić information content (AvgIpc) is 3.08. The first kappa shape index (κ1) is 21.1. The number of aromatic nitrogens is 2. The van der Waals surface area contributed by atoms with Gasteiger partial charge >= 0.3 is 5.97 Å². The van der Waals surface area contributed by atoms with Crippen molar-refractivity contribution in [1.82, 2.24) is 9.55 Å². The summed E-state index contributed by atoms with van der Waals surface area (Å²) >= 11 is 0. The first-order chi connectivity index (χ1) is 16.0. The minimum absolute atomic E-state index is 0.0815. The van der Waals surface area contributed by atoms with Gasteiger partial charge in [-0.1, -0.05) is 36.4 Å². The van der Waals surface area contributed by atoms with Crippen molar-refractivity contribution >= 4 is 22.7 Å². The summed E-state index contributed by atoms with van der Waals surface area (Å²) < 4.78 is 7.67. The molecule has 0 atom stereocenters. The molecule has 0 spiro atoms. The second-order valence-electron chi connectivity index (χ2n) is 8.62. The molecule has 1 N–H and O–H groups in total. The van der Waals surface area contributed by atoms with Crippen LogP contribution in [0.4, 0.5) is 5.82 Å². The van der Waals surface area contributed by atoms with E-state index < -0.39 is 5.97 Å². The van der Waals surface area contributed by atoms with Crippen LogP contribution in [-0.4, -0.2) is 34.3 Å². The van der Waals surface area contributed by atoms with E-state index in [9.17, 15) is 9.90 Å². The van der Waals surface area contributed by atoms with Gasteiger partial charge in [0, 0.05) is 30.7 Å². The number of aryl methyl sites for hydroxylation is 1. The third-order valence-electron chi connectivity index (χ3n) is 6.72. The lowest BCUT2D eigenvalue weighted by Crippen LogP contribution is -2.32. The lowest BCUT2D eigenvalue weighted by atomic mass is 10.00. The van der Waals surface area contributed by atoms with Gasteiger partial charge in [-0.05, 0) is 60.7 Å². The Balaban J connectivity index is 1.68. The summed E-state index contributed by atoms with van der Waals surface area (Å²) in [5.74, 6) is 0.546. The quantitative estimate of drug-likeness (QED) is 0.474. The van der Waals surface area contributed by atoms with E-state index in [1.54, 1.807) is 13.2 Å². The SMILES string of the molecule is COc1cccc(Cn2c(C)c(C)c3cc(C(=O)O)nc(N4CCc5ccccc5C4)c32)c1. The van der Waals surface area contributed by atoms with Crippen LogP contribution in [0.5, 0.6) is 5.75 Å². The number of fused-ring (bicyclic) bond motifs is 2. The van der Waals surface area contributed by atoms with E-state index in [-0.39, 0.29) is 5.69 Å². The first-order valence-corrected chi connectivity index (χ1v) is 11.1. The summed E-state index contributed by atoms with van der Waals surface area (Å²) in [6.07, 6.45) is 0.908. The number of aromatic carboxylic acids is 1. The van der Waals surface area contributed by atoms with Gasteiger partial charge in [-0.3, -0.25) is 0 Å². The zero-order chi connectivity index (χ0) is 23.1. The highest BCUT2D eigenvalue weighted by atomic mass is 16.5. The van der Waals surface area contributed by atoms with Crippen LogP contribution in [0.3, 0.4) is 0 Å².